The molecular formula is C6H10N2O2. The van der Waals surface area contributed by atoms with Crippen molar-refractivity contribution in [1.29, 1.82) is 0 Å². The fourth-order valence-corrected chi connectivity index (χ4v) is 1.04. The van der Waals surface area contributed by atoms with Gasteiger partial charge in [0.15, 0.2) is 6.04 Å². The lowest BCUT2D eigenvalue weighted by molar-refractivity contribution is -0.139. The molecule has 0 aromatic carbocycles. The van der Waals surface area contributed by atoms with Crippen LogP contribution in [0.1, 0.15) is 13.3 Å². The largest absolute Gasteiger partial charge is 0.480 e. The first kappa shape index (κ1) is 7.18. The van der Waals surface area contributed by atoms with Gasteiger partial charge in [-0.15, -0.1) is 0 Å². The van der Waals surface area contributed by atoms with Gasteiger partial charge in [-0.3, -0.25) is 0 Å². The molecule has 1 aliphatic heterocycles. The Hall–Kier alpha value is -0.930. The van der Waals surface area contributed by atoms with E-state index < -0.39 is 12.0 Å². The van der Waals surface area contributed by atoms with Gasteiger partial charge in [0.05, 0.1) is 6.54 Å². The lowest BCUT2D eigenvalue weighted by Crippen LogP contribution is -2.24. The summed E-state index contributed by atoms with van der Waals surface area (Å²) in [6.07, 6.45) is 0.837. The predicted octanol–water partition coefficient (Wildman–Crippen LogP) is 0.932. The fourth-order valence-electron chi connectivity index (χ4n) is 1.04. The van der Waals surface area contributed by atoms with Gasteiger partial charge in [0.25, 0.3) is 0 Å². The van der Waals surface area contributed by atoms with Gasteiger partial charge in [-0.05, 0) is 6.42 Å². The fraction of sp³-hybridized carbons (Fsp3) is 0.833. The standard InChI is InChI=1S/C6H10N2O2/c1-2-4-3-7-8-5(4)6(9)10/h4-5H,2-3H2,1H3,(H,9,10). The van der Waals surface area contributed by atoms with E-state index in [1.54, 1.807) is 0 Å². The Morgan fingerprint density at radius 3 is 2.90 bits per heavy atom. The van der Waals surface area contributed by atoms with Crippen molar-refractivity contribution in [2.45, 2.75) is 19.4 Å². The van der Waals surface area contributed by atoms with Gasteiger partial charge < -0.3 is 5.11 Å². The number of hydrogen-bond donors (Lipinski definition) is 1. The molecule has 0 spiro atoms. The maximum absolute atomic E-state index is 10.4. The number of carboxylic acid groups (broad SMARTS) is 1. The number of aliphatic carboxylic acids is 1. The number of carbonyl (C=O) groups is 1. The minimum Gasteiger partial charge on any atom is -0.480 e. The highest BCUT2D eigenvalue weighted by atomic mass is 16.4. The summed E-state index contributed by atoms with van der Waals surface area (Å²) in [6.45, 7) is 2.53. The molecule has 2 unspecified atom stereocenters. The molecule has 0 amide bonds. The number of rotatable bonds is 2. The molecule has 0 bridgehead atoms. The normalized spacial score (nSPS) is 30.9. The third-order valence-electron chi connectivity index (χ3n) is 1.75. The van der Waals surface area contributed by atoms with Crippen LogP contribution < -0.4 is 0 Å². The van der Waals surface area contributed by atoms with Crippen molar-refractivity contribution < 1.29 is 9.90 Å². The molecule has 0 aromatic rings. The summed E-state index contributed by atoms with van der Waals surface area (Å²) in [5.74, 6) is -0.731. The van der Waals surface area contributed by atoms with Crippen molar-refractivity contribution >= 4 is 5.97 Å². The SMILES string of the molecule is CCC1CN=NC1C(=O)O. The lowest BCUT2D eigenvalue weighted by atomic mass is 9.99. The molecule has 1 aliphatic rings. The average molecular weight is 142 g/mol. The molecular weight excluding hydrogens is 132 g/mol. The zero-order valence-electron chi connectivity index (χ0n) is 5.82. The topological polar surface area (TPSA) is 62.0 Å². The van der Waals surface area contributed by atoms with Gasteiger partial charge >= 0.3 is 5.97 Å². The van der Waals surface area contributed by atoms with E-state index in [2.05, 4.69) is 10.2 Å². The van der Waals surface area contributed by atoms with Crippen LogP contribution in [0.2, 0.25) is 0 Å². The van der Waals surface area contributed by atoms with E-state index >= 15 is 0 Å². The summed E-state index contributed by atoms with van der Waals surface area (Å²) >= 11 is 0. The second-order valence-corrected chi connectivity index (χ2v) is 2.39. The van der Waals surface area contributed by atoms with E-state index in [4.69, 9.17) is 5.11 Å². The van der Waals surface area contributed by atoms with Crippen LogP contribution in [0.5, 0.6) is 0 Å². The summed E-state index contributed by atoms with van der Waals surface area (Å²) in [4.78, 5) is 10.4. The lowest BCUT2D eigenvalue weighted by Gasteiger charge is -2.07. The second-order valence-electron chi connectivity index (χ2n) is 2.39. The highest BCUT2D eigenvalue weighted by Gasteiger charge is 2.30. The highest BCUT2D eigenvalue weighted by molar-refractivity contribution is 5.74. The molecule has 0 fully saturated rings. The van der Waals surface area contributed by atoms with Gasteiger partial charge in [0.2, 0.25) is 0 Å². The third-order valence-corrected chi connectivity index (χ3v) is 1.75. The minimum atomic E-state index is -0.854. The van der Waals surface area contributed by atoms with E-state index in [9.17, 15) is 4.79 Å². The van der Waals surface area contributed by atoms with Crippen molar-refractivity contribution in [2.24, 2.45) is 16.1 Å². The molecule has 0 saturated carbocycles. The Morgan fingerprint density at radius 1 is 1.80 bits per heavy atom. The summed E-state index contributed by atoms with van der Waals surface area (Å²) in [6, 6.07) is -0.579. The van der Waals surface area contributed by atoms with Gasteiger partial charge in [0.1, 0.15) is 0 Å². The van der Waals surface area contributed by atoms with E-state index in [0.717, 1.165) is 6.42 Å². The van der Waals surface area contributed by atoms with Gasteiger partial charge in [0, 0.05) is 5.92 Å². The zero-order chi connectivity index (χ0) is 7.56. The van der Waals surface area contributed by atoms with Crippen LogP contribution in [0.25, 0.3) is 0 Å². The van der Waals surface area contributed by atoms with Gasteiger partial charge in [-0.1, -0.05) is 6.92 Å². The number of hydrogen-bond acceptors (Lipinski definition) is 3. The van der Waals surface area contributed by atoms with Crippen molar-refractivity contribution in [1.82, 2.24) is 0 Å². The van der Waals surface area contributed by atoms with Crippen molar-refractivity contribution in [3.05, 3.63) is 0 Å². The molecule has 10 heavy (non-hydrogen) atoms. The highest BCUT2D eigenvalue weighted by Crippen LogP contribution is 2.19. The molecule has 0 aromatic heterocycles. The summed E-state index contributed by atoms with van der Waals surface area (Å²) < 4.78 is 0. The molecule has 4 nitrogen and oxygen atoms in total. The van der Waals surface area contributed by atoms with Crippen LogP contribution in [0.15, 0.2) is 10.2 Å². The van der Waals surface area contributed by atoms with Crippen LogP contribution in [-0.2, 0) is 4.79 Å². The van der Waals surface area contributed by atoms with Gasteiger partial charge in [-0.25, -0.2) is 4.79 Å². The van der Waals surface area contributed by atoms with Crippen molar-refractivity contribution in [3.8, 4) is 0 Å². The Bertz CT molecular complexity index is 167. The van der Waals surface area contributed by atoms with E-state index in [0.29, 0.717) is 6.54 Å². The van der Waals surface area contributed by atoms with Crippen molar-refractivity contribution in [3.63, 3.8) is 0 Å². The van der Waals surface area contributed by atoms with E-state index in [1.165, 1.54) is 0 Å². The van der Waals surface area contributed by atoms with Crippen LogP contribution in [0.4, 0.5) is 0 Å². The van der Waals surface area contributed by atoms with Crippen LogP contribution in [0, 0.1) is 5.92 Å². The molecule has 2 atom stereocenters. The number of azo groups is 1. The van der Waals surface area contributed by atoms with Crippen LogP contribution in [0.3, 0.4) is 0 Å². The van der Waals surface area contributed by atoms with Crippen molar-refractivity contribution in [2.75, 3.05) is 6.54 Å². The molecule has 1 N–H and O–H groups in total. The third kappa shape index (κ3) is 1.15. The molecule has 56 valence electrons. The Labute approximate surface area is 59.0 Å². The average Bonchev–Trinajstić information content (AvgIpc) is 2.33. The molecule has 0 saturated heterocycles. The Kier molecular flexibility index (Phi) is 1.99. The van der Waals surface area contributed by atoms with Crippen LogP contribution >= 0.6 is 0 Å². The Balaban J connectivity index is 2.57. The maximum atomic E-state index is 10.4. The summed E-state index contributed by atoms with van der Waals surface area (Å²) in [7, 11) is 0. The minimum absolute atomic E-state index is 0.123. The predicted molar refractivity (Wildman–Crippen MR) is 34.9 cm³/mol. The molecule has 1 heterocycles. The maximum Gasteiger partial charge on any atom is 0.330 e. The molecule has 0 radical (unpaired) electrons. The molecule has 0 aliphatic carbocycles. The second kappa shape index (κ2) is 2.77. The van der Waals surface area contributed by atoms with E-state index in [-0.39, 0.29) is 5.92 Å². The van der Waals surface area contributed by atoms with Gasteiger partial charge in [-0.2, -0.15) is 10.2 Å². The molecule has 4 heteroatoms. The van der Waals surface area contributed by atoms with Crippen LogP contribution in [-0.4, -0.2) is 23.7 Å². The summed E-state index contributed by atoms with van der Waals surface area (Å²) in [5, 5.41) is 15.9. The summed E-state index contributed by atoms with van der Waals surface area (Å²) in [5.41, 5.74) is 0. The number of carboxylic acids is 1. The number of nitrogens with zero attached hydrogens (tertiary/aromatic N) is 2. The molecule has 1 rings (SSSR count). The monoisotopic (exact) mass is 142 g/mol. The quantitative estimate of drug-likeness (QED) is 0.623. The Morgan fingerprint density at radius 2 is 2.50 bits per heavy atom. The zero-order valence-corrected chi connectivity index (χ0v) is 5.82. The smallest absolute Gasteiger partial charge is 0.330 e. The first-order chi connectivity index (χ1) is 4.75. The first-order valence-electron chi connectivity index (χ1n) is 3.35. The van der Waals surface area contributed by atoms with E-state index in [1.807, 2.05) is 6.92 Å². The first-order valence-corrected chi connectivity index (χ1v) is 3.35.